The van der Waals surface area contributed by atoms with Crippen LogP contribution in [0.2, 0.25) is 0 Å². The lowest BCUT2D eigenvalue weighted by molar-refractivity contribution is 0.281. The minimum Gasteiger partial charge on any atom is -0.392 e. The Balaban J connectivity index is 3.21. The molecule has 0 spiro atoms. The van der Waals surface area contributed by atoms with E-state index in [0.717, 1.165) is 0 Å². The molecule has 0 aliphatic carbocycles. The highest BCUT2D eigenvalue weighted by Gasteiger charge is 2.05. The fraction of sp³-hybridized carbons (Fsp3) is 0.143. The molecule has 1 aromatic rings. The molecule has 1 nitrogen and oxygen atoms in total. The first-order valence-corrected chi connectivity index (χ1v) is 4.76. The van der Waals surface area contributed by atoms with E-state index < -0.39 is 0 Å². The van der Waals surface area contributed by atoms with Crippen LogP contribution in [0.15, 0.2) is 16.6 Å². The standard InChI is InChI=1S/C7H5BrFIO/c8-5-1-4(3-11)2-6(10)7(5)9/h1-2,11H,3H2. The summed E-state index contributed by atoms with van der Waals surface area (Å²) in [6.07, 6.45) is 0. The Bertz CT molecular complexity index is 254. The third-order valence-corrected chi connectivity index (χ3v) is 2.59. The highest BCUT2D eigenvalue weighted by Crippen LogP contribution is 2.22. The Morgan fingerprint density at radius 2 is 2.18 bits per heavy atom. The van der Waals surface area contributed by atoms with E-state index in [4.69, 9.17) is 5.11 Å². The molecule has 0 heterocycles. The zero-order chi connectivity index (χ0) is 8.43. The molecule has 0 fully saturated rings. The summed E-state index contributed by atoms with van der Waals surface area (Å²) in [6, 6.07) is 3.18. The Morgan fingerprint density at radius 3 is 2.64 bits per heavy atom. The molecule has 0 unspecified atom stereocenters. The molecular formula is C7H5BrFIO. The molecule has 1 aromatic carbocycles. The van der Waals surface area contributed by atoms with Crippen molar-refractivity contribution in [3.63, 3.8) is 0 Å². The van der Waals surface area contributed by atoms with Crippen LogP contribution < -0.4 is 0 Å². The topological polar surface area (TPSA) is 20.2 Å². The maximum Gasteiger partial charge on any atom is 0.150 e. The van der Waals surface area contributed by atoms with Gasteiger partial charge in [0.2, 0.25) is 0 Å². The average Bonchev–Trinajstić information content (AvgIpc) is 1.99. The number of aliphatic hydroxyl groups is 1. The monoisotopic (exact) mass is 330 g/mol. The third kappa shape index (κ3) is 2.13. The van der Waals surface area contributed by atoms with Gasteiger partial charge in [-0.05, 0) is 56.2 Å². The lowest BCUT2D eigenvalue weighted by Crippen LogP contribution is -1.89. The predicted octanol–water partition coefficient (Wildman–Crippen LogP) is 2.69. The van der Waals surface area contributed by atoms with E-state index in [9.17, 15) is 4.39 Å². The van der Waals surface area contributed by atoms with Gasteiger partial charge >= 0.3 is 0 Å². The summed E-state index contributed by atoms with van der Waals surface area (Å²) in [5, 5.41) is 8.73. The Morgan fingerprint density at radius 1 is 1.55 bits per heavy atom. The molecule has 11 heavy (non-hydrogen) atoms. The summed E-state index contributed by atoms with van der Waals surface area (Å²) >= 11 is 4.93. The van der Waals surface area contributed by atoms with Crippen molar-refractivity contribution < 1.29 is 9.50 Å². The van der Waals surface area contributed by atoms with Gasteiger partial charge in [-0.25, -0.2) is 4.39 Å². The molecule has 0 aliphatic heterocycles. The van der Waals surface area contributed by atoms with Gasteiger partial charge in [0.1, 0.15) is 0 Å². The van der Waals surface area contributed by atoms with Crippen LogP contribution in [0.25, 0.3) is 0 Å². The minimum absolute atomic E-state index is 0.0606. The second kappa shape index (κ2) is 3.82. The number of aliphatic hydroxyl groups excluding tert-OH is 1. The Kier molecular flexibility index (Phi) is 3.27. The van der Waals surface area contributed by atoms with Crippen molar-refractivity contribution in [2.24, 2.45) is 0 Å². The lowest BCUT2D eigenvalue weighted by Gasteiger charge is -2.00. The van der Waals surface area contributed by atoms with Crippen molar-refractivity contribution in [3.05, 3.63) is 31.6 Å². The van der Waals surface area contributed by atoms with E-state index >= 15 is 0 Å². The van der Waals surface area contributed by atoms with Crippen molar-refractivity contribution in [1.29, 1.82) is 0 Å². The third-order valence-electron chi connectivity index (χ3n) is 1.23. The van der Waals surface area contributed by atoms with Crippen LogP contribution in [-0.4, -0.2) is 5.11 Å². The van der Waals surface area contributed by atoms with Gasteiger partial charge in [-0.1, -0.05) is 0 Å². The van der Waals surface area contributed by atoms with E-state index in [1.807, 2.05) is 22.6 Å². The molecule has 0 saturated carbocycles. The molecule has 4 heteroatoms. The summed E-state index contributed by atoms with van der Waals surface area (Å²) in [6.45, 7) is -0.0606. The summed E-state index contributed by atoms with van der Waals surface area (Å²) in [4.78, 5) is 0. The average molecular weight is 331 g/mol. The van der Waals surface area contributed by atoms with Crippen LogP contribution in [0.4, 0.5) is 4.39 Å². The smallest absolute Gasteiger partial charge is 0.150 e. The molecule has 0 radical (unpaired) electrons. The molecule has 0 atom stereocenters. The fourth-order valence-corrected chi connectivity index (χ4v) is 2.27. The maximum absolute atomic E-state index is 12.9. The van der Waals surface area contributed by atoms with Gasteiger partial charge in [-0.15, -0.1) is 0 Å². The highest BCUT2D eigenvalue weighted by molar-refractivity contribution is 14.1. The van der Waals surface area contributed by atoms with Crippen LogP contribution >= 0.6 is 38.5 Å². The normalized spacial score (nSPS) is 10.2. The van der Waals surface area contributed by atoms with Crippen LogP contribution in [-0.2, 0) is 6.61 Å². The van der Waals surface area contributed by atoms with E-state index in [-0.39, 0.29) is 12.4 Å². The lowest BCUT2D eigenvalue weighted by atomic mass is 10.2. The summed E-state index contributed by atoms with van der Waals surface area (Å²) in [5.41, 5.74) is 0.711. The van der Waals surface area contributed by atoms with Crippen molar-refractivity contribution in [1.82, 2.24) is 0 Å². The number of benzene rings is 1. The first-order valence-electron chi connectivity index (χ1n) is 2.89. The Hall–Kier alpha value is 0.320. The van der Waals surface area contributed by atoms with Gasteiger partial charge in [0, 0.05) is 0 Å². The SMILES string of the molecule is OCc1cc(Br)c(F)c(I)c1. The van der Waals surface area contributed by atoms with Gasteiger partial charge in [-0.2, -0.15) is 0 Å². The molecule has 0 bridgehead atoms. The summed E-state index contributed by atoms with van der Waals surface area (Å²) in [5.74, 6) is -0.275. The van der Waals surface area contributed by atoms with Crippen molar-refractivity contribution in [2.45, 2.75) is 6.61 Å². The summed E-state index contributed by atoms with van der Waals surface area (Å²) < 4.78 is 13.8. The first-order chi connectivity index (χ1) is 5.15. The predicted molar refractivity (Wildman–Crippen MR) is 52.7 cm³/mol. The van der Waals surface area contributed by atoms with Gasteiger partial charge < -0.3 is 5.11 Å². The van der Waals surface area contributed by atoms with E-state index in [2.05, 4.69) is 15.9 Å². The number of rotatable bonds is 1. The van der Waals surface area contributed by atoms with Gasteiger partial charge in [0.25, 0.3) is 0 Å². The van der Waals surface area contributed by atoms with Gasteiger partial charge in [0.05, 0.1) is 14.6 Å². The van der Waals surface area contributed by atoms with Gasteiger partial charge in [0.15, 0.2) is 5.82 Å². The van der Waals surface area contributed by atoms with Crippen molar-refractivity contribution in [2.75, 3.05) is 0 Å². The van der Waals surface area contributed by atoms with Crippen molar-refractivity contribution >= 4 is 38.5 Å². The van der Waals surface area contributed by atoms with Crippen LogP contribution in [0.1, 0.15) is 5.56 Å². The molecule has 1 rings (SSSR count). The van der Waals surface area contributed by atoms with Crippen molar-refractivity contribution in [3.8, 4) is 0 Å². The van der Waals surface area contributed by atoms with Crippen LogP contribution in [0.3, 0.4) is 0 Å². The maximum atomic E-state index is 12.9. The zero-order valence-electron chi connectivity index (χ0n) is 5.44. The highest BCUT2D eigenvalue weighted by atomic mass is 127. The van der Waals surface area contributed by atoms with Crippen LogP contribution in [0, 0.1) is 9.39 Å². The quantitative estimate of drug-likeness (QED) is 0.620. The van der Waals surface area contributed by atoms with Crippen LogP contribution in [0.5, 0.6) is 0 Å². The molecule has 60 valence electrons. The van der Waals surface area contributed by atoms with E-state index in [0.29, 0.717) is 13.6 Å². The second-order valence-corrected chi connectivity index (χ2v) is 4.05. The largest absolute Gasteiger partial charge is 0.392 e. The zero-order valence-corrected chi connectivity index (χ0v) is 9.19. The molecule has 0 amide bonds. The summed E-state index contributed by atoms with van der Waals surface area (Å²) in [7, 11) is 0. The van der Waals surface area contributed by atoms with E-state index in [1.165, 1.54) is 0 Å². The molecule has 1 N–H and O–H groups in total. The minimum atomic E-state index is -0.275. The second-order valence-electron chi connectivity index (χ2n) is 2.03. The molecule has 0 saturated heterocycles. The molecular weight excluding hydrogens is 326 g/mol. The Labute approximate surface area is 85.9 Å². The van der Waals surface area contributed by atoms with E-state index in [1.54, 1.807) is 12.1 Å². The molecule has 0 aromatic heterocycles. The number of hydrogen-bond acceptors (Lipinski definition) is 1. The number of halogens is 3. The fourth-order valence-electron chi connectivity index (χ4n) is 0.699. The van der Waals surface area contributed by atoms with Gasteiger partial charge in [-0.3, -0.25) is 0 Å². The molecule has 0 aliphatic rings. The first kappa shape index (κ1) is 9.41. The number of hydrogen-bond donors (Lipinski definition) is 1.